The number of aliphatic carboxylic acids is 1. The van der Waals surface area contributed by atoms with Gasteiger partial charge < -0.3 is 20.1 Å². The van der Waals surface area contributed by atoms with E-state index in [1.54, 1.807) is 30.3 Å². The molecule has 9 nitrogen and oxygen atoms in total. The summed E-state index contributed by atoms with van der Waals surface area (Å²) in [6.07, 6.45) is -1.88. The number of thiophene rings is 1. The van der Waals surface area contributed by atoms with Gasteiger partial charge in [0.1, 0.15) is 17.6 Å². The Morgan fingerprint density at radius 1 is 0.906 bits per heavy atom. The SMILES string of the molecule is CC(C)(C)c1ccc(C(=O)N[C@@H](Cc2ccc(-c3ncc(-c4ccc(-c5ccccc5OC(F)(F)F)cc4F)cn3)cc2)C(=O)N2CC(C(=O)O)C2)s1. The van der Waals surface area contributed by atoms with Gasteiger partial charge in [-0.3, -0.25) is 14.4 Å². The molecule has 2 aromatic heterocycles. The first-order chi connectivity index (χ1) is 25.1. The zero-order valence-corrected chi connectivity index (χ0v) is 29.6. The third kappa shape index (κ3) is 8.71. The lowest BCUT2D eigenvalue weighted by Gasteiger charge is -2.38. The minimum atomic E-state index is -4.91. The molecule has 0 saturated carbocycles. The Hall–Kier alpha value is -5.63. The van der Waals surface area contributed by atoms with Crippen LogP contribution < -0.4 is 10.1 Å². The van der Waals surface area contributed by atoms with Gasteiger partial charge in [0.15, 0.2) is 5.82 Å². The molecule has 274 valence electrons. The normalized spacial score (nSPS) is 14.0. The molecular weight excluding hydrogens is 713 g/mol. The number of halogens is 4. The maximum atomic E-state index is 15.3. The van der Waals surface area contributed by atoms with Gasteiger partial charge in [0, 0.05) is 59.0 Å². The molecule has 1 fully saturated rings. The van der Waals surface area contributed by atoms with E-state index in [0.717, 1.165) is 22.6 Å². The van der Waals surface area contributed by atoms with E-state index in [2.05, 4.69) is 20.0 Å². The summed E-state index contributed by atoms with van der Waals surface area (Å²) in [6, 6.07) is 19.3. The summed E-state index contributed by atoms with van der Waals surface area (Å²) < 4.78 is 58.1. The fraction of sp³-hybridized carbons (Fsp3) is 0.256. The molecule has 0 spiro atoms. The highest BCUT2D eigenvalue weighted by Crippen LogP contribution is 2.36. The first kappa shape index (κ1) is 37.1. The molecule has 1 aliphatic rings. The average Bonchev–Trinajstić information content (AvgIpc) is 3.59. The number of nitrogens with zero attached hydrogens (tertiary/aromatic N) is 3. The smallest absolute Gasteiger partial charge is 0.481 e. The van der Waals surface area contributed by atoms with Crippen molar-refractivity contribution >= 4 is 29.1 Å². The van der Waals surface area contributed by atoms with Crippen LogP contribution in [0.3, 0.4) is 0 Å². The number of hydrogen-bond donors (Lipinski definition) is 2. The third-order valence-corrected chi connectivity index (χ3v) is 10.2. The number of hydrogen-bond acceptors (Lipinski definition) is 7. The summed E-state index contributed by atoms with van der Waals surface area (Å²) in [5.41, 5.74) is 1.98. The van der Waals surface area contributed by atoms with Crippen molar-refractivity contribution in [2.75, 3.05) is 13.1 Å². The number of carbonyl (C=O) groups excluding carboxylic acids is 2. The number of rotatable bonds is 10. The highest BCUT2D eigenvalue weighted by molar-refractivity contribution is 7.14. The lowest BCUT2D eigenvalue weighted by Crippen LogP contribution is -2.59. The van der Waals surface area contributed by atoms with Crippen LogP contribution in [0.25, 0.3) is 33.6 Å². The number of carbonyl (C=O) groups is 3. The van der Waals surface area contributed by atoms with E-state index in [1.165, 1.54) is 59.0 Å². The van der Waals surface area contributed by atoms with Crippen LogP contribution in [0.4, 0.5) is 17.6 Å². The van der Waals surface area contributed by atoms with Crippen LogP contribution in [-0.2, 0) is 21.4 Å². The van der Waals surface area contributed by atoms with Crippen molar-refractivity contribution in [2.45, 2.75) is 45.0 Å². The lowest BCUT2D eigenvalue weighted by atomic mass is 9.95. The molecule has 1 atom stereocenters. The monoisotopic (exact) mass is 746 g/mol. The summed E-state index contributed by atoms with van der Waals surface area (Å²) in [7, 11) is 0. The van der Waals surface area contributed by atoms with Gasteiger partial charge in [0.05, 0.1) is 10.8 Å². The van der Waals surface area contributed by atoms with Crippen LogP contribution >= 0.6 is 11.3 Å². The van der Waals surface area contributed by atoms with Crippen LogP contribution in [0.2, 0.25) is 0 Å². The van der Waals surface area contributed by atoms with Crippen molar-refractivity contribution in [2.24, 2.45) is 5.92 Å². The molecule has 2 amide bonds. The first-order valence-corrected chi connectivity index (χ1v) is 17.4. The molecule has 0 bridgehead atoms. The number of aromatic nitrogens is 2. The predicted octanol–water partition coefficient (Wildman–Crippen LogP) is 7.76. The molecular formula is C39H34F4N4O5S. The zero-order valence-electron chi connectivity index (χ0n) is 28.8. The Kier molecular flexibility index (Phi) is 10.4. The van der Waals surface area contributed by atoms with Crippen LogP contribution in [0.5, 0.6) is 5.75 Å². The Labute approximate surface area is 306 Å². The number of carboxylic acids is 1. The van der Waals surface area contributed by atoms with E-state index in [0.29, 0.717) is 21.8 Å². The fourth-order valence-corrected chi connectivity index (χ4v) is 6.77. The topological polar surface area (TPSA) is 122 Å². The molecule has 0 unspecified atom stereocenters. The number of ether oxygens (including phenoxy) is 1. The zero-order chi connectivity index (χ0) is 38.1. The van der Waals surface area contributed by atoms with E-state index in [-0.39, 0.29) is 47.5 Å². The quantitative estimate of drug-likeness (QED) is 0.140. The van der Waals surface area contributed by atoms with Gasteiger partial charge in [-0.2, -0.15) is 0 Å². The maximum Gasteiger partial charge on any atom is 0.573 e. The van der Waals surface area contributed by atoms with Gasteiger partial charge in [0.25, 0.3) is 5.91 Å². The number of benzene rings is 3. The molecule has 0 aliphatic carbocycles. The number of alkyl halides is 3. The maximum absolute atomic E-state index is 15.3. The predicted molar refractivity (Wildman–Crippen MR) is 191 cm³/mol. The first-order valence-electron chi connectivity index (χ1n) is 16.5. The Morgan fingerprint density at radius 2 is 1.57 bits per heavy atom. The Bertz CT molecular complexity index is 2140. The van der Waals surface area contributed by atoms with Crippen molar-refractivity contribution in [1.29, 1.82) is 0 Å². The van der Waals surface area contributed by atoms with E-state index < -0.39 is 41.8 Å². The summed E-state index contributed by atoms with van der Waals surface area (Å²) in [4.78, 5) is 49.8. The minimum Gasteiger partial charge on any atom is -0.481 e. The van der Waals surface area contributed by atoms with Gasteiger partial charge in [-0.05, 0) is 40.8 Å². The minimum absolute atomic E-state index is 0.0684. The molecule has 1 saturated heterocycles. The van der Waals surface area contributed by atoms with Crippen LogP contribution in [0, 0.1) is 11.7 Å². The Morgan fingerprint density at radius 3 is 2.17 bits per heavy atom. The molecule has 3 aromatic carbocycles. The summed E-state index contributed by atoms with van der Waals surface area (Å²) in [5.74, 6) is -3.18. The van der Waals surface area contributed by atoms with Crippen LogP contribution in [-0.4, -0.2) is 63.3 Å². The summed E-state index contributed by atoms with van der Waals surface area (Å²) in [5, 5.41) is 12.2. The van der Waals surface area contributed by atoms with E-state index in [4.69, 9.17) is 0 Å². The largest absolute Gasteiger partial charge is 0.573 e. The van der Waals surface area contributed by atoms with Crippen molar-refractivity contribution in [1.82, 2.24) is 20.2 Å². The molecule has 3 heterocycles. The van der Waals surface area contributed by atoms with Crippen molar-refractivity contribution in [3.63, 3.8) is 0 Å². The van der Waals surface area contributed by atoms with Crippen molar-refractivity contribution < 1.29 is 41.8 Å². The van der Waals surface area contributed by atoms with E-state index in [1.807, 2.05) is 26.8 Å². The summed E-state index contributed by atoms with van der Waals surface area (Å²) >= 11 is 1.35. The molecule has 1 aliphatic heterocycles. The van der Waals surface area contributed by atoms with E-state index in [9.17, 15) is 32.7 Å². The molecule has 53 heavy (non-hydrogen) atoms. The van der Waals surface area contributed by atoms with Crippen LogP contribution in [0.15, 0.2) is 91.3 Å². The molecule has 2 N–H and O–H groups in total. The van der Waals surface area contributed by atoms with Gasteiger partial charge in [-0.15, -0.1) is 24.5 Å². The second-order valence-electron chi connectivity index (χ2n) is 13.7. The highest BCUT2D eigenvalue weighted by atomic mass is 32.1. The molecule has 14 heteroatoms. The second-order valence-corrected chi connectivity index (χ2v) is 14.7. The molecule has 6 rings (SSSR count). The van der Waals surface area contributed by atoms with Gasteiger partial charge in [-0.25, -0.2) is 14.4 Å². The van der Waals surface area contributed by atoms with E-state index >= 15 is 4.39 Å². The number of nitrogens with one attached hydrogen (secondary N) is 1. The molecule has 5 aromatic rings. The fourth-order valence-electron chi connectivity index (χ4n) is 5.80. The van der Waals surface area contributed by atoms with Crippen LogP contribution in [0.1, 0.15) is 40.9 Å². The van der Waals surface area contributed by atoms with Crippen molar-refractivity contribution in [3.05, 3.63) is 112 Å². The van der Waals surface area contributed by atoms with Crippen molar-refractivity contribution in [3.8, 4) is 39.4 Å². The highest BCUT2D eigenvalue weighted by Gasteiger charge is 2.39. The number of para-hydroxylation sites is 1. The van der Waals surface area contributed by atoms with Gasteiger partial charge in [-0.1, -0.05) is 75.4 Å². The Balaban J connectivity index is 1.16. The third-order valence-electron chi connectivity index (χ3n) is 8.72. The lowest BCUT2D eigenvalue weighted by molar-refractivity contribution is -0.274. The number of likely N-dealkylation sites (tertiary alicyclic amines) is 1. The molecule has 0 radical (unpaired) electrons. The van der Waals surface area contributed by atoms with Gasteiger partial charge in [0.2, 0.25) is 5.91 Å². The number of carboxylic acid groups (broad SMARTS) is 1. The average molecular weight is 747 g/mol. The number of amides is 2. The second kappa shape index (κ2) is 14.8. The summed E-state index contributed by atoms with van der Waals surface area (Å²) in [6.45, 7) is 6.27. The van der Waals surface area contributed by atoms with Gasteiger partial charge >= 0.3 is 12.3 Å². The standard InChI is InChI=1S/C39H34F4N4O5S/c1-38(2,3)33-15-14-32(53-33)35(48)46-30(36(49)47-20-26(21-47)37(50)51)16-22-8-10-23(11-9-22)34-44-18-25(19-45-34)27-13-12-24(17-29(27)40)28-6-4-5-7-31(28)52-39(41,42)43/h4-15,17-19,26,30H,16,20-21H2,1-3H3,(H,46,48)(H,50,51)/t30-/m0/s1.